The van der Waals surface area contributed by atoms with Gasteiger partial charge in [0.1, 0.15) is 0 Å². The van der Waals surface area contributed by atoms with E-state index in [1.807, 2.05) is 0 Å². The number of hydrogen-bond acceptors (Lipinski definition) is 0. The molecule has 0 aliphatic rings. The second kappa shape index (κ2) is 12.5. The molecule has 2 nitrogen and oxygen atoms in total. The van der Waals surface area contributed by atoms with Crippen LogP contribution in [0.4, 0.5) is 0 Å². The van der Waals surface area contributed by atoms with Crippen LogP contribution in [0.3, 0.4) is 0 Å². The number of benzene rings is 10. The van der Waals surface area contributed by atoms with Gasteiger partial charge in [0.2, 0.25) is 0 Å². The van der Waals surface area contributed by atoms with Gasteiger partial charge in [-0.1, -0.05) is 176 Å². The first-order valence-corrected chi connectivity index (χ1v) is 20.1. The topological polar surface area (TPSA) is 9.86 Å². The summed E-state index contributed by atoms with van der Waals surface area (Å²) in [7, 11) is 4.42. The lowest BCUT2D eigenvalue weighted by Crippen LogP contribution is -1.95. The lowest BCUT2D eigenvalue weighted by molar-refractivity contribution is 1.02. The minimum Gasteiger partial charge on any atom is -0.343 e. The third-order valence-electron chi connectivity index (χ3n) is 12.8. The number of aromatic nitrogens is 2. The van der Waals surface area contributed by atoms with Gasteiger partial charge in [-0.3, -0.25) is 0 Å². The van der Waals surface area contributed by atoms with Gasteiger partial charge in [-0.15, -0.1) is 0 Å². The molecule has 0 N–H and O–H groups in total. The number of para-hydroxylation sites is 4. The zero-order chi connectivity index (χ0) is 38.5. The Balaban J connectivity index is 1.24. The summed E-state index contributed by atoms with van der Waals surface area (Å²) in [6.45, 7) is 0. The van der Waals surface area contributed by atoms with Crippen molar-refractivity contribution in [3.63, 3.8) is 0 Å². The van der Waals surface area contributed by atoms with Crippen molar-refractivity contribution in [3.8, 4) is 44.5 Å². The van der Waals surface area contributed by atoms with E-state index in [2.05, 4.69) is 217 Å². The van der Waals surface area contributed by atoms with Gasteiger partial charge < -0.3 is 9.13 Å². The summed E-state index contributed by atoms with van der Waals surface area (Å²) < 4.78 is 4.76. The third kappa shape index (κ3) is 4.60. The normalized spacial score (nSPS) is 12.0. The number of rotatable bonds is 4. The molecule has 10 aromatic carbocycles. The van der Waals surface area contributed by atoms with Gasteiger partial charge in [-0.2, -0.15) is 0 Å². The second-order valence-electron chi connectivity index (χ2n) is 15.7. The van der Waals surface area contributed by atoms with Crippen LogP contribution in [-0.4, -0.2) is 9.13 Å². The fraction of sp³-hybridized carbons (Fsp3) is 0.0357. The monoisotopic (exact) mass is 738 g/mol. The first kappa shape index (κ1) is 32.8. The lowest BCUT2D eigenvalue weighted by Gasteiger charge is -2.20. The molecule has 58 heavy (non-hydrogen) atoms. The summed E-state index contributed by atoms with van der Waals surface area (Å²) in [5.74, 6) is 0. The zero-order valence-corrected chi connectivity index (χ0v) is 32.4. The Morgan fingerprint density at radius 3 is 1.19 bits per heavy atom. The summed E-state index contributed by atoms with van der Waals surface area (Å²) in [5.41, 5.74) is 14.9. The average molecular weight is 739 g/mol. The molecule has 0 saturated carbocycles. The lowest BCUT2D eigenvalue weighted by atomic mass is 9.84. The Morgan fingerprint density at radius 1 is 0.259 bits per heavy atom. The van der Waals surface area contributed by atoms with Crippen LogP contribution < -0.4 is 0 Å². The van der Waals surface area contributed by atoms with E-state index in [1.165, 1.54) is 120 Å². The molecule has 0 amide bonds. The first-order valence-electron chi connectivity index (χ1n) is 20.1. The summed E-state index contributed by atoms with van der Waals surface area (Å²) in [6.07, 6.45) is 0. The van der Waals surface area contributed by atoms with Crippen molar-refractivity contribution < 1.29 is 0 Å². The number of aryl methyl sites for hydroxylation is 2. The van der Waals surface area contributed by atoms with E-state index in [1.54, 1.807) is 0 Å². The van der Waals surface area contributed by atoms with Crippen LogP contribution >= 0.6 is 0 Å². The standard InChI is InChI=1S/C56H38N2/c1-57-52-30-10-8-20-41(52)48-28-14-26-46(55(48)57)39-22-12-24-43-50(39)34-51-40(47-27-15-29-49-42-21-9-11-31-53(42)58(2)56(47)49)23-13-25-44(51)54(43)45-33-32-36(35-16-4-3-5-17-35)37-18-6-7-19-38(37)45/h3-34H,1-2H3. The maximum atomic E-state index is 2.49. The largest absolute Gasteiger partial charge is 0.343 e. The van der Waals surface area contributed by atoms with Crippen LogP contribution in [0.5, 0.6) is 0 Å². The molecule has 12 aromatic rings. The van der Waals surface area contributed by atoms with Crippen LogP contribution in [-0.2, 0) is 14.1 Å². The molecule has 0 radical (unpaired) electrons. The predicted molar refractivity (Wildman–Crippen MR) is 249 cm³/mol. The molecule has 0 saturated heterocycles. The Kier molecular flexibility index (Phi) is 7.09. The van der Waals surface area contributed by atoms with Crippen LogP contribution in [0.2, 0.25) is 0 Å². The number of fused-ring (bicyclic) bond motifs is 9. The Labute approximate surface area is 336 Å². The van der Waals surface area contributed by atoms with Crippen molar-refractivity contribution in [2.24, 2.45) is 14.1 Å². The highest BCUT2D eigenvalue weighted by molar-refractivity contribution is 6.25. The molecule has 0 atom stereocenters. The number of nitrogens with zero attached hydrogens (tertiary/aromatic N) is 2. The van der Waals surface area contributed by atoms with E-state index < -0.39 is 0 Å². The summed E-state index contributed by atoms with van der Waals surface area (Å²) in [5, 5.41) is 12.6. The molecular weight excluding hydrogens is 701 g/mol. The van der Waals surface area contributed by atoms with Gasteiger partial charge in [0, 0.05) is 57.8 Å². The van der Waals surface area contributed by atoms with E-state index in [-0.39, 0.29) is 0 Å². The summed E-state index contributed by atoms with van der Waals surface area (Å²) in [4.78, 5) is 0. The molecule has 0 unspecified atom stereocenters. The highest BCUT2D eigenvalue weighted by atomic mass is 14.9. The minimum absolute atomic E-state index is 1.23. The molecule has 272 valence electrons. The zero-order valence-electron chi connectivity index (χ0n) is 32.4. The molecule has 12 rings (SSSR count). The van der Waals surface area contributed by atoms with Gasteiger partial charge in [0.05, 0.1) is 11.0 Å². The second-order valence-corrected chi connectivity index (χ2v) is 15.7. The van der Waals surface area contributed by atoms with Crippen molar-refractivity contribution in [3.05, 3.63) is 194 Å². The van der Waals surface area contributed by atoms with Crippen LogP contribution in [0.15, 0.2) is 194 Å². The summed E-state index contributed by atoms with van der Waals surface area (Å²) in [6, 6.07) is 72.0. The first-order chi connectivity index (χ1) is 28.7. The van der Waals surface area contributed by atoms with Crippen LogP contribution in [0.1, 0.15) is 0 Å². The summed E-state index contributed by atoms with van der Waals surface area (Å²) >= 11 is 0. The molecule has 0 fully saturated rings. The maximum Gasteiger partial charge on any atom is 0.0568 e. The smallest absolute Gasteiger partial charge is 0.0568 e. The molecular formula is C56H38N2. The van der Waals surface area contributed by atoms with E-state index in [4.69, 9.17) is 0 Å². The molecule has 0 bridgehead atoms. The molecule has 2 aromatic heterocycles. The van der Waals surface area contributed by atoms with Crippen molar-refractivity contribution in [1.29, 1.82) is 0 Å². The third-order valence-corrected chi connectivity index (χ3v) is 12.8. The molecule has 0 aliphatic carbocycles. The predicted octanol–water partition coefficient (Wildman–Crippen LogP) is 15.1. The SMILES string of the molecule is Cn1c2ccccc2c2cccc(-c3cccc4c(-c5ccc(-c6ccccc6)c6ccccc56)c5cccc(-c6cccc7c8ccccc8n(C)c67)c5cc34)c21. The van der Waals surface area contributed by atoms with E-state index >= 15 is 0 Å². The quantitative estimate of drug-likeness (QED) is 0.159. The highest BCUT2D eigenvalue weighted by Gasteiger charge is 2.22. The van der Waals surface area contributed by atoms with Crippen molar-refractivity contribution in [2.45, 2.75) is 0 Å². The Bertz CT molecular complexity index is 3460. The van der Waals surface area contributed by atoms with Gasteiger partial charge in [-0.05, 0) is 83.9 Å². The minimum atomic E-state index is 1.23. The van der Waals surface area contributed by atoms with Crippen LogP contribution in [0.25, 0.3) is 120 Å². The highest BCUT2D eigenvalue weighted by Crippen LogP contribution is 2.48. The van der Waals surface area contributed by atoms with Gasteiger partial charge in [0.15, 0.2) is 0 Å². The van der Waals surface area contributed by atoms with Gasteiger partial charge >= 0.3 is 0 Å². The van der Waals surface area contributed by atoms with E-state index in [9.17, 15) is 0 Å². The fourth-order valence-electron chi connectivity index (χ4n) is 10.2. The number of hydrogen-bond donors (Lipinski definition) is 0. The molecule has 0 aliphatic heterocycles. The maximum absolute atomic E-state index is 2.49. The van der Waals surface area contributed by atoms with Gasteiger partial charge in [0.25, 0.3) is 0 Å². The van der Waals surface area contributed by atoms with Crippen molar-refractivity contribution in [1.82, 2.24) is 9.13 Å². The van der Waals surface area contributed by atoms with E-state index in [0.717, 1.165) is 0 Å². The molecule has 0 spiro atoms. The van der Waals surface area contributed by atoms with E-state index in [0.29, 0.717) is 0 Å². The average Bonchev–Trinajstić information content (AvgIpc) is 3.75. The van der Waals surface area contributed by atoms with Crippen molar-refractivity contribution >= 4 is 75.9 Å². The Morgan fingerprint density at radius 2 is 0.655 bits per heavy atom. The molecule has 2 heteroatoms. The fourth-order valence-corrected chi connectivity index (χ4v) is 10.2. The van der Waals surface area contributed by atoms with Crippen molar-refractivity contribution in [2.75, 3.05) is 0 Å². The van der Waals surface area contributed by atoms with Crippen LogP contribution in [0, 0.1) is 0 Å². The molecule has 2 heterocycles. The Hall–Kier alpha value is -7.42. The van der Waals surface area contributed by atoms with Gasteiger partial charge in [-0.25, -0.2) is 0 Å².